The van der Waals surface area contributed by atoms with E-state index in [-0.39, 0.29) is 25.1 Å². The zero-order chi connectivity index (χ0) is 20.1. The highest BCUT2D eigenvalue weighted by atomic mass is 19.1. The summed E-state index contributed by atoms with van der Waals surface area (Å²) in [6.45, 7) is 1.15. The lowest BCUT2D eigenvalue weighted by Gasteiger charge is -2.35. The van der Waals surface area contributed by atoms with Crippen LogP contribution in [0, 0.1) is 11.6 Å². The molecule has 0 unspecified atom stereocenters. The van der Waals surface area contributed by atoms with Gasteiger partial charge in [0.1, 0.15) is 18.2 Å². The van der Waals surface area contributed by atoms with Crippen molar-refractivity contribution in [3.8, 4) is 0 Å². The van der Waals surface area contributed by atoms with Gasteiger partial charge in [-0.1, -0.05) is 0 Å². The number of halogens is 2. The molecule has 0 bridgehead atoms. The molecule has 1 fully saturated rings. The van der Waals surface area contributed by atoms with Crippen LogP contribution in [0.15, 0.2) is 42.5 Å². The average molecular weight is 389 g/mol. The third-order valence-corrected chi connectivity index (χ3v) is 4.35. The summed E-state index contributed by atoms with van der Waals surface area (Å²) in [4.78, 5) is 27.6. The molecular formula is C20H21F2N3O3. The van der Waals surface area contributed by atoms with Crippen LogP contribution < -0.4 is 10.2 Å². The number of benzene rings is 2. The molecule has 0 radical (unpaired) electrons. The molecule has 0 saturated carbocycles. The lowest BCUT2D eigenvalue weighted by Crippen LogP contribution is -2.49. The Balaban J connectivity index is 1.69. The molecular weight excluding hydrogens is 368 g/mol. The van der Waals surface area contributed by atoms with Crippen molar-refractivity contribution in [2.45, 2.75) is 13.0 Å². The molecule has 3 amide bonds. The molecule has 0 aliphatic carbocycles. The lowest BCUT2D eigenvalue weighted by atomic mass is 10.1. The lowest BCUT2D eigenvalue weighted by molar-refractivity contribution is -0.119. The second-order valence-corrected chi connectivity index (χ2v) is 6.52. The number of carbonyl (C=O) groups is 2. The molecule has 3 rings (SSSR count). The number of hydrogen-bond acceptors (Lipinski definition) is 3. The average Bonchev–Trinajstić information content (AvgIpc) is 2.64. The third-order valence-electron chi connectivity index (χ3n) is 4.35. The van der Waals surface area contributed by atoms with Crippen molar-refractivity contribution >= 4 is 23.3 Å². The van der Waals surface area contributed by atoms with Crippen LogP contribution in [-0.4, -0.2) is 43.6 Å². The van der Waals surface area contributed by atoms with Gasteiger partial charge in [-0.25, -0.2) is 13.6 Å². The van der Waals surface area contributed by atoms with Crippen LogP contribution in [0.1, 0.15) is 12.0 Å². The van der Waals surface area contributed by atoms with Gasteiger partial charge >= 0.3 is 6.03 Å². The Kier molecular flexibility index (Phi) is 6.20. The van der Waals surface area contributed by atoms with Crippen LogP contribution in [0.2, 0.25) is 0 Å². The van der Waals surface area contributed by atoms with E-state index in [1.165, 1.54) is 19.2 Å². The van der Waals surface area contributed by atoms with Crippen LogP contribution in [0.4, 0.5) is 25.0 Å². The number of nitrogens with one attached hydrogen (secondary N) is 1. The standard InChI is InChI=1S/C20H21F2N3O3/c1-28-13-19(26)23-17-3-5-18(6-4-17)25-8-2-7-24(20(25)27)12-14-9-15(21)11-16(22)10-14/h3-6,9-11H,2,7-8,12-13H2,1H3,(H,23,26). The Morgan fingerprint density at radius 3 is 2.43 bits per heavy atom. The number of carbonyl (C=O) groups excluding carboxylic acids is 2. The predicted octanol–water partition coefficient (Wildman–Crippen LogP) is 3.38. The second kappa shape index (κ2) is 8.79. The van der Waals surface area contributed by atoms with Gasteiger partial charge in [0.15, 0.2) is 0 Å². The van der Waals surface area contributed by atoms with Gasteiger partial charge in [0, 0.05) is 44.2 Å². The van der Waals surface area contributed by atoms with E-state index >= 15 is 0 Å². The van der Waals surface area contributed by atoms with E-state index in [9.17, 15) is 18.4 Å². The largest absolute Gasteiger partial charge is 0.375 e. The normalized spacial score (nSPS) is 14.3. The van der Waals surface area contributed by atoms with Crippen LogP contribution in [0.25, 0.3) is 0 Å². The molecule has 0 atom stereocenters. The first-order chi connectivity index (χ1) is 13.5. The van der Waals surface area contributed by atoms with E-state index in [2.05, 4.69) is 5.32 Å². The SMILES string of the molecule is COCC(=O)Nc1ccc(N2CCCN(Cc3cc(F)cc(F)c3)C2=O)cc1. The number of methoxy groups -OCH3 is 1. The molecule has 28 heavy (non-hydrogen) atoms. The maximum atomic E-state index is 13.4. The molecule has 1 heterocycles. The Morgan fingerprint density at radius 2 is 1.79 bits per heavy atom. The molecule has 6 nitrogen and oxygen atoms in total. The number of urea groups is 1. The first kappa shape index (κ1) is 19.8. The van der Waals surface area contributed by atoms with Gasteiger partial charge in [-0.2, -0.15) is 0 Å². The summed E-state index contributed by atoms with van der Waals surface area (Å²) in [5, 5.41) is 2.69. The first-order valence-corrected chi connectivity index (χ1v) is 8.86. The minimum atomic E-state index is -0.664. The summed E-state index contributed by atoms with van der Waals surface area (Å²) in [7, 11) is 1.44. The summed E-state index contributed by atoms with van der Waals surface area (Å²) in [5.74, 6) is -1.59. The van der Waals surface area contributed by atoms with Crippen molar-refractivity contribution < 1.29 is 23.1 Å². The van der Waals surface area contributed by atoms with E-state index in [0.29, 0.717) is 30.0 Å². The van der Waals surface area contributed by atoms with E-state index in [1.54, 1.807) is 34.1 Å². The van der Waals surface area contributed by atoms with Crippen molar-refractivity contribution in [1.82, 2.24) is 4.90 Å². The molecule has 1 aliphatic heterocycles. The molecule has 1 saturated heterocycles. The van der Waals surface area contributed by atoms with Crippen molar-refractivity contribution in [3.05, 3.63) is 59.7 Å². The molecule has 0 spiro atoms. The second-order valence-electron chi connectivity index (χ2n) is 6.52. The molecule has 1 aliphatic rings. The molecule has 8 heteroatoms. The Hall–Kier alpha value is -3.00. The number of hydrogen-bond donors (Lipinski definition) is 1. The fraction of sp³-hybridized carbons (Fsp3) is 0.300. The first-order valence-electron chi connectivity index (χ1n) is 8.86. The van der Waals surface area contributed by atoms with Gasteiger partial charge in [-0.05, 0) is 48.4 Å². The minimum absolute atomic E-state index is 0.0397. The molecule has 148 valence electrons. The monoisotopic (exact) mass is 389 g/mol. The van der Waals surface area contributed by atoms with Crippen LogP contribution in [0.3, 0.4) is 0 Å². The molecule has 0 aromatic heterocycles. The topological polar surface area (TPSA) is 61.9 Å². The number of anilines is 2. The van der Waals surface area contributed by atoms with Crippen LogP contribution in [0.5, 0.6) is 0 Å². The van der Waals surface area contributed by atoms with Crippen LogP contribution in [-0.2, 0) is 16.1 Å². The van der Waals surface area contributed by atoms with Gasteiger partial charge < -0.3 is 15.0 Å². The van der Waals surface area contributed by atoms with Gasteiger partial charge in [0.25, 0.3) is 0 Å². The van der Waals surface area contributed by atoms with E-state index in [4.69, 9.17) is 4.74 Å². The Morgan fingerprint density at radius 1 is 1.11 bits per heavy atom. The van der Waals surface area contributed by atoms with Crippen molar-refractivity contribution in [1.29, 1.82) is 0 Å². The highest BCUT2D eigenvalue weighted by Crippen LogP contribution is 2.23. The minimum Gasteiger partial charge on any atom is -0.375 e. The Labute approximate surface area is 161 Å². The van der Waals surface area contributed by atoms with E-state index in [1.807, 2.05) is 0 Å². The quantitative estimate of drug-likeness (QED) is 0.824. The van der Waals surface area contributed by atoms with Gasteiger partial charge in [-0.3, -0.25) is 9.69 Å². The molecule has 1 N–H and O–H groups in total. The summed E-state index contributed by atoms with van der Waals surface area (Å²) in [6.07, 6.45) is 0.732. The predicted molar refractivity (Wildman–Crippen MR) is 101 cm³/mol. The zero-order valence-corrected chi connectivity index (χ0v) is 15.5. The number of rotatable bonds is 6. The summed E-state index contributed by atoms with van der Waals surface area (Å²) in [6, 6.07) is 9.93. The summed E-state index contributed by atoms with van der Waals surface area (Å²) >= 11 is 0. The maximum Gasteiger partial charge on any atom is 0.324 e. The summed E-state index contributed by atoms with van der Waals surface area (Å²) < 4.78 is 31.6. The Bertz CT molecular complexity index is 838. The smallest absolute Gasteiger partial charge is 0.324 e. The highest BCUT2D eigenvalue weighted by Gasteiger charge is 2.27. The van der Waals surface area contributed by atoms with Gasteiger partial charge in [-0.15, -0.1) is 0 Å². The van der Waals surface area contributed by atoms with Crippen LogP contribution >= 0.6 is 0 Å². The van der Waals surface area contributed by atoms with Crippen molar-refractivity contribution in [3.63, 3.8) is 0 Å². The maximum absolute atomic E-state index is 13.4. The third kappa shape index (κ3) is 4.83. The molecule has 2 aromatic carbocycles. The van der Waals surface area contributed by atoms with Crippen molar-refractivity contribution in [2.75, 3.05) is 37.0 Å². The van der Waals surface area contributed by atoms with Gasteiger partial charge in [0.05, 0.1) is 0 Å². The van der Waals surface area contributed by atoms with Crippen molar-refractivity contribution in [2.24, 2.45) is 0 Å². The van der Waals surface area contributed by atoms with Gasteiger partial charge in [0.2, 0.25) is 5.91 Å². The fourth-order valence-electron chi connectivity index (χ4n) is 3.14. The highest BCUT2D eigenvalue weighted by molar-refractivity contribution is 5.94. The molecule has 2 aromatic rings. The fourth-order valence-corrected chi connectivity index (χ4v) is 3.14. The van der Waals surface area contributed by atoms with E-state index < -0.39 is 11.6 Å². The zero-order valence-electron chi connectivity index (χ0n) is 15.5. The van der Waals surface area contributed by atoms with E-state index in [0.717, 1.165) is 12.5 Å². The number of amides is 3. The number of nitrogens with zero attached hydrogens (tertiary/aromatic N) is 2. The number of ether oxygens (including phenoxy) is 1. The summed E-state index contributed by atoms with van der Waals surface area (Å²) in [5.41, 5.74) is 1.69.